The van der Waals surface area contributed by atoms with Gasteiger partial charge in [0.15, 0.2) is 0 Å². The predicted molar refractivity (Wildman–Crippen MR) is 94.2 cm³/mol. The number of ether oxygens (including phenoxy) is 1. The van der Waals surface area contributed by atoms with Crippen molar-refractivity contribution in [3.05, 3.63) is 35.9 Å². The maximum atomic E-state index is 12.6. The Kier molecular flexibility index (Phi) is 5.19. The molecule has 1 fully saturated rings. The molecule has 0 amide bonds. The number of hydrogen-bond donors (Lipinski definition) is 1. The van der Waals surface area contributed by atoms with Gasteiger partial charge >= 0.3 is 11.9 Å². The summed E-state index contributed by atoms with van der Waals surface area (Å²) < 4.78 is 5.06. The zero-order valence-corrected chi connectivity index (χ0v) is 15.3. The SMILES string of the molecule is CCC(C)(C)C(c1ccccc1)C1C(=O)OC(=O)C1C(C)(N)CC. The van der Waals surface area contributed by atoms with Crippen LogP contribution in [0, 0.1) is 17.3 Å². The van der Waals surface area contributed by atoms with Gasteiger partial charge in [0, 0.05) is 11.5 Å². The molecule has 132 valence electrons. The van der Waals surface area contributed by atoms with Gasteiger partial charge in [0.2, 0.25) is 0 Å². The Balaban J connectivity index is 2.59. The van der Waals surface area contributed by atoms with Crippen LogP contribution in [0.2, 0.25) is 0 Å². The lowest BCUT2D eigenvalue weighted by Gasteiger charge is -2.41. The van der Waals surface area contributed by atoms with Gasteiger partial charge in [0.25, 0.3) is 0 Å². The minimum absolute atomic E-state index is 0.123. The lowest BCUT2D eigenvalue weighted by atomic mass is 9.61. The van der Waals surface area contributed by atoms with E-state index in [-0.39, 0.29) is 11.3 Å². The summed E-state index contributed by atoms with van der Waals surface area (Å²) in [4.78, 5) is 25.1. The van der Waals surface area contributed by atoms with Crippen molar-refractivity contribution >= 4 is 11.9 Å². The standard InChI is InChI=1S/C20H29NO3/c1-6-19(3,4)15(13-11-9-8-10-12-13)14-16(20(5,21)7-2)18(23)24-17(14)22/h8-12,14-16H,6-7,21H2,1-5H3. The number of hydrogen-bond acceptors (Lipinski definition) is 4. The molecule has 4 nitrogen and oxygen atoms in total. The molecule has 0 saturated carbocycles. The zero-order chi connectivity index (χ0) is 18.1. The average Bonchev–Trinajstić information content (AvgIpc) is 2.83. The Labute approximate surface area is 144 Å². The molecule has 1 aromatic carbocycles. The molecule has 1 aliphatic rings. The molecule has 2 N–H and O–H groups in total. The minimum Gasteiger partial charge on any atom is -0.393 e. The van der Waals surface area contributed by atoms with Crippen molar-refractivity contribution < 1.29 is 14.3 Å². The van der Waals surface area contributed by atoms with E-state index in [2.05, 4.69) is 20.8 Å². The van der Waals surface area contributed by atoms with E-state index in [1.807, 2.05) is 44.2 Å². The predicted octanol–water partition coefficient (Wildman–Crippen LogP) is 3.65. The van der Waals surface area contributed by atoms with Gasteiger partial charge < -0.3 is 10.5 Å². The molecule has 4 unspecified atom stereocenters. The number of benzene rings is 1. The van der Waals surface area contributed by atoms with E-state index in [0.29, 0.717) is 6.42 Å². The van der Waals surface area contributed by atoms with Crippen LogP contribution in [0.15, 0.2) is 30.3 Å². The third kappa shape index (κ3) is 3.25. The van der Waals surface area contributed by atoms with Crippen molar-refractivity contribution in [2.75, 3.05) is 0 Å². The summed E-state index contributed by atoms with van der Waals surface area (Å²) in [5, 5.41) is 0. The summed E-state index contributed by atoms with van der Waals surface area (Å²) in [6.07, 6.45) is 1.48. The Morgan fingerprint density at radius 3 is 2.12 bits per heavy atom. The lowest BCUT2D eigenvalue weighted by molar-refractivity contribution is -0.154. The highest BCUT2D eigenvalue weighted by Gasteiger charge is 2.57. The molecule has 0 aliphatic carbocycles. The quantitative estimate of drug-likeness (QED) is 0.638. The van der Waals surface area contributed by atoms with Crippen molar-refractivity contribution in [2.45, 2.75) is 58.9 Å². The van der Waals surface area contributed by atoms with Gasteiger partial charge in [-0.1, -0.05) is 64.4 Å². The van der Waals surface area contributed by atoms with E-state index >= 15 is 0 Å². The maximum absolute atomic E-state index is 12.6. The van der Waals surface area contributed by atoms with Crippen LogP contribution in [-0.2, 0) is 14.3 Å². The van der Waals surface area contributed by atoms with Crippen LogP contribution in [0.3, 0.4) is 0 Å². The van der Waals surface area contributed by atoms with Crippen LogP contribution in [0.25, 0.3) is 0 Å². The number of carbonyl (C=O) groups excluding carboxylic acids is 2. The van der Waals surface area contributed by atoms with E-state index in [4.69, 9.17) is 10.5 Å². The summed E-state index contributed by atoms with van der Waals surface area (Å²) in [5.74, 6) is -2.21. The molecule has 1 aliphatic heterocycles. The third-order valence-corrected chi connectivity index (χ3v) is 5.83. The molecule has 0 spiro atoms. The number of nitrogens with two attached hydrogens (primary N) is 1. The topological polar surface area (TPSA) is 69.4 Å². The van der Waals surface area contributed by atoms with Gasteiger partial charge in [-0.15, -0.1) is 0 Å². The summed E-state index contributed by atoms with van der Waals surface area (Å²) in [5.41, 5.74) is 6.52. The van der Waals surface area contributed by atoms with Crippen molar-refractivity contribution in [3.63, 3.8) is 0 Å². The van der Waals surface area contributed by atoms with Crippen LogP contribution < -0.4 is 5.73 Å². The van der Waals surface area contributed by atoms with Crippen LogP contribution in [0.1, 0.15) is 58.9 Å². The summed E-state index contributed by atoms with van der Waals surface area (Å²) in [6, 6.07) is 9.93. The fourth-order valence-corrected chi connectivity index (χ4v) is 3.77. The first-order chi connectivity index (χ1) is 11.2. The highest BCUT2D eigenvalue weighted by atomic mass is 16.6. The molecule has 0 aromatic heterocycles. The van der Waals surface area contributed by atoms with Crippen molar-refractivity contribution in [1.29, 1.82) is 0 Å². The van der Waals surface area contributed by atoms with E-state index in [0.717, 1.165) is 12.0 Å². The lowest BCUT2D eigenvalue weighted by Crippen LogP contribution is -2.51. The second kappa shape index (κ2) is 6.67. The fourth-order valence-electron chi connectivity index (χ4n) is 3.77. The Hall–Kier alpha value is -1.68. The van der Waals surface area contributed by atoms with Crippen LogP contribution in [0.5, 0.6) is 0 Å². The first-order valence-electron chi connectivity index (χ1n) is 8.75. The Morgan fingerprint density at radius 1 is 1.04 bits per heavy atom. The average molecular weight is 331 g/mol. The van der Waals surface area contributed by atoms with E-state index in [1.54, 1.807) is 0 Å². The minimum atomic E-state index is -0.773. The first-order valence-corrected chi connectivity index (χ1v) is 8.75. The van der Waals surface area contributed by atoms with Crippen molar-refractivity contribution in [3.8, 4) is 0 Å². The van der Waals surface area contributed by atoms with Gasteiger partial charge in [-0.3, -0.25) is 9.59 Å². The molecular weight excluding hydrogens is 302 g/mol. The molecule has 0 radical (unpaired) electrons. The molecule has 1 saturated heterocycles. The summed E-state index contributed by atoms with van der Waals surface area (Å²) >= 11 is 0. The van der Waals surface area contributed by atoms with Gasteiger partial charge in [-0.05, 0) is 24.3 Å². The van der Waals surface area contributed by atoms with Crippen LogP contribution in [0.4, 0.5) is 0 Å². The number of carbonyl (C=O) groups is 2. The normalized spacial score (nSPS) is 25.2. The molecular formula is C20H29NO3. The van der Waals surface area contributed by atoms with Gasteiger partial charge in [-0.2, -0.15) is 0 Å². The van der Waals surface area contributed by atoms with E-state index < -0.39 is 29.3 Å². The van der Waals surface area contributed by atoms with Crippen LogP contribution >= 0.6 is 0 Å². The molecule has 1 aromatic rings. The van der Waals surface area contributed by atoms with E-state index in [9.17, 15) is 9.59 Å². The molecule has 1 heterocycles. The Morgan fingerprint density at radius 2 is 1.62 bits per heavy atom. The second-order valence-electron chi connectivity index (χ2n) is 7.83. The van der Waals surface area contributed by atoms with Crippen LogP contribution in [-0.4, -0.2) is 17.5 Å². The smallest absolute Gasteiger partial charge is 0.319 e. The Bertz CT molecular complexity index is 607. The highest BCUT2D eigenvalue weighted by molar-refractivity contribution is 5.98. The van der Waals surface area contributed by atoms with Gasteiger partial charge in [0.1, 0.15) is 0 Å². The van der Waals surface area contributed by atoms with Crippen molar-refractivity contribution in [1.82, 2.24) is 0 Å². The zero-order valence-electron chi connectivity index (χ0n) is 15.3. The monoisotopic (exact) mass is 331 g/mol. The number of esters is 2. The summed E-state index contributed by atoms with van der Waals surface area (Å²) in [6.45, 7) is 10.2. The molecule has 0 bridgehead atoms. The molecule has 4 atom stereocenters. The van der Waals surface area contributed by atoms with Crippen molar-refractivity contribution in [2.24, 2.45) is 23.0 Å². The molecule has 2 rings (SSSR count). The van der Waals surface area contributed by atoms with Gasteiger partial charge in [0.05, 0.1) is 11.8 Å². The maximum Gasteiger partial charge on any atom is 0.319 e. The number of rotatable bonds is 6. The highest BCUT2D eigenvalue weighted by Crippen LogP contribution is 2.50. The second-order valence-corrected chi connectivity index (χ2v) is 7.83. The largest absolute Gasteiger partial charge is 0.393 e. The molecule has 24 heavy (non-hydrogen) atoms. The van der Waals surface area contributed by atoms with Gasteiger partial charge in [-0.25, -0.2) is 0 Å². The summed E-state index contributed by atoms with van der Waals surface area (Å²) in [7, 11) is 0. The molecule has 4 heteroatoms. The third-order valence-electron chi connectivity index (χ3n) is 5.83. The first kappa shape index (κ1) is 18.7. The van der Waals surface area contributed by atoms with E-state index in [1.165, 1.54) is 0 Å². The number of cyclic esters (lactones) is 2. The fraction of sp³-hybridized carbons (Fsp3) is 0.600.